The normalized spacial score (nSPS) is 9.78. The summed E-state index contributed by atoms with van der Waals surface area (Å²) in [5.74, 6) is -1.10. The highest BCUT2D eigenvalue weighted by molar-refractivity contribution is 6.56. The van der Waals surface area contributed by atoms with Crippen molar-refractivity contribution >= 4 is 58.2 Å². The first-order valence-corrected chi connectivity index (χ1v) is 6.11. The van der Waals surface area contributed by atoms with E-state index in [2.05, 4.69) is 0 Å². The maximum atomic E-state index is 11.4. The Morgan fingerprint density at radius 2 is 1.83 bits per heavy atom. The minimum absolute atomic E-state index is 0.197. The number of ether oxygens (including phenoxy) is 1. The average molecular weight is 328 g/mol. The molecular formula is C11H6Cl4O3. The molecule has 0 unspecified atom stereocenters. The summed E-state index contributed by atoms with van der Waals surface area (Å²) >= 11 is 22.0. The maximum absolute atomic E-state index is 11.4. The third kappa shape index (κ3) is 5.27. The van der Waals surface area contributed by atoms with Crippen LogP contribution < -0.4 is 4.74 Å². The van der Waals surface area contributed by atoms with E-state index in [0.29, 0.717) is 5.02 Å². The van der Waals surface area contributed by atoms with Crippen LogP contribution in [0.25, 0.3) is 0 Å². The lowest BCUT2D eigenvalue weighted by Crippen LogP contribution is -2.12. The Balaban J connectivity index is 2.62. The standard InChI is InChI=1S/C11H6Cl4O3/c12-8-2-1-7(5-9(8)13)18-11(17)4-6(16)3-10(14)15/h1-3,5H,4H2. The molecule has 0 radical (unpaired) electrons. The van der Waals surface area contributed by atoms with Crippen molar-refractivity contribution in [2.45, 2.75) is 6.42 Å². The Morgan fingerprint density at radius 3 is 2.39 bits per heavy atom. The molecule has 96 valence electrons. The molecule has 0 atom stereocenters. The van der Waals surface area contributed by atoms with Crippen LogP contribution in [0.3, 0.4) is 0 Å². The minimum Gasteiger partial charge on any atom is -0.426 e. The molecule has 0 spiro atoms. The van der Waals surface area contributed by atoms with Crippen LogP contribution >= 0.6 is 46.4 Å². The van der Waals surface area contributed by atoms with Crippen molar-refractivity contribution in [2.75, 3.05) is 0 Å². The first-order chi connectivity index (χ1) is 8.38. The van der Waals surface area contributed by atoms with Crippen LogP contribution in [-0.2, 0) is 9.59 Å². The monoisotopic (exact) mass is 326 g/mol. The van der Waals surface area contributed by atoms with Gasteiger partial charge in [0.25, 0.3) is 0 Å². The summed E-state index contributed by atoms with van der Waals surface area (Å²) in [6.45, 7) is 0. The van der Waals surface area contributed by atoms with Crippen molar-refractivity contribution in [3.8, 4) is 5.75 Å². The van der Waals surface area contributed by atoms with Gasteiger partial charge >= 0.3 is 5.97 Å². The Labute approximate surface area is 123 Å². The van der Waals surface area contributed by atoms with E-state index in [1.165, 1.54) is 18.2 Å². The van der Waals surface area contributed by atoms with Crippen molar-refractivity contribution in [3.63, 3.8) is 0 Å². The molecule has 18 heavy (non-hydrogen) atoms. The smallest absolute Gasteiger partial charge is 0.319 e. The molecule has 0 aliphatic rings. The topological polar surface area (TPSA) is 43.4 Å². The third-order valence-corrected chi connectivity index (χ3v) is 2.67. The molecule has 0 saturated heterocycles. The third-order valence-electron chi connectivity index (χ3n) is 1.71. The van der Waals surface area contributed by atoms with E-state index >= 15 is 0 Å². The number of benzene rings is 1. The average Bonchev–Trinajstić information content (AvgIpc) is 2.21. The van der Waals surface area contributed by atoms with Gasteiger partial charge in [-0.1, -0.05) is 46.4 Å². The zero-order valence-corrected chi connectivity index (χ0v) is 11.8. The number of esters is 1. The predicted octanol–water partition coefficient (Wildman–Crippen LogP) is 4.18. The molecule has 0 N–H and O–H groups in total. The Hall–Kier alpha value is -0.740. The lowest BCUT2D eigenvalue weighted by atomic mass is 10.3. The summed E-state index contributed by atoms with van der Waals surface area (Å²) in [5.41, 5.74) is 0. The fraction of sp³-hybridized carbons (Fsp3) is 0.0909. The van der Waals surface area contributed by atoms with E-state index in [1.807, 2.05) is 0 Å². The van der Waals surface area contributed by atoms with Gasteiger partial charge < -0.3 is 4.74 Å². The van der Waals surface area contributed by atoms with Crippen LogP contribution in [0.15, 0.2) is 28.8 Å². The summed E-state index contributed by atoms with van der Waals surface area (Å²) in [4.78, 5) is 22.5. The molecule has 1 rings (SSSR count). The number of carbonyl (C=O) groups excluding carboxylic acids is 2. The fourth-order valence-corrected chi connectivity index (χ4v) is 1.55. The summed E-state index contributed by atoms with van der Waals surface area (Å²) in [6.07, 6.45) is 0.461. The Bertz CT molecular complexity index is 507. The molecule has 1 aromatic carbocycles. The maximum Gasteiger partial charge on any atom is 0.319 e. The Morgan fingerprint density at radius 1 is 1.17 bits per heavy atom. The molecule has 0 aliphatic heterocycles. The van der Waals surface area contributed by atoms with E-state index in [4.69, 9.17) is 51.1 Å². The van der Waals surface area contributed by atoms with Gasteiger partial charge in [0.1, 0.15) is 16.7 Å². The van der Waals surface area contributed by atoms with E-state index in [9.17, 15) is 9.59 Å². The van der Waals surface area contributed by atoms with Crippen LogP contribution in [0.2, 0.25) is 10.0 Å². The molecule has 0 aromatic heterocycles. The number of hydrogen-bond donors (Lipinski definition) is 0. The van der Waals surface area contributed by atoms with Gasteiger partial charge in [-0.05, 0) is 12.1 Å². The van der Waals surface area contributed by atoms with Crippen LogP contribution in [0.1, 0.15) is 6.42 Å². The van der Waals surface area contributed by atoms with Gasteiger partial charge in [-0.15, -0.1) is 0 Å². The second kappa shape index (κ2) is 7.00. The van der Waals surface area contributed by atoms with Crippen LogP contribution in [0.4, 0.5) is 0 Å². The molecule has 0 fully saturated rings. The van der Waals surface area contributed by atoms with Gasteiger partial charge in [-0.2, -0.15) is 0 Å². The zero-order chi connectivity index (χ0) is 13.7. The summed E-state index contributed by atoms with van der Waals surface area (Å²) in [6, 6.07) is 4.31. The molecule has 0 saturated carbocycles. The number of hydrogen-bond acceptors (Lipinski definition) is 3. The van der Waals surface area contributed by atoms with Gasteiger partial charge in [-0.25, -0.2) is 0 Å². The quantitative estimate of drug-likeness (QED) is 0.360. The summed E-state index contributed by atoms with van der Waals surface area (Å²) < 4.78 is 4.66. The van der Waals surface area contributed by atoms with E-state index < -0.39 is 18.2 Å². The molecule has 0 heterocycles. The van der Waals surface area contributed by atoms with E-state index in [1.54, 1.807) is 0 Å². The van der Waals surface area contributed by atoms with Crippen LogP contribution in [0, 0.1) is 0 Å². The first-order valence-electron chi connectivity index (χ1n) is 4.59. The van der Waals surface area contributed by atoms with Crippen molar-refractivity contribution < 1.29 is 14.3 Å². The van der Waals surface area contributed by atoms with Crippen molar-refractivity contribution in [2.24, 2.45) is 0 Å². The van der Waals surface area contributed by atoms with Crippen LogP contribution in [0.5, 0.6) is 5.75 Å². The molecule has 0 aliphatic carbocycles. The molecule has 0 amide bonds. The van der Waals surface area contributed by atoms with Crippen molar-refractivity contribution in [1.29, 1.82) is 0 Å². The fourth-order valence-electron chi connectivity index (χ4n) is 1.02. The van der Waals surface area contributed by atoms with Gasteiger partial charge in [-0.3, -0.25) is 9.59 Å². The van der Waals surface area contributed by atoms with E-state index in [0.717, 1.165) is 6.08 Å². The van der Waals surface area contributed by atoms with Crippen molar-refractivity contribution in [3.05, 3.63) is 38.8 Å². The van der Waals surface area contributed by atoms with Gasteiger partial charge in [0.2, 0.25) is 0 Å². The SMILES string of the molecule is O=C(C=C(Cl)Cl)CC(=O)Oc1ccc(Cl)c(Cl)c1. The molecule has 0 bridgehead atoms. The minimum atomic E-state index is -0.746. The second-order valence-corrected chi connectivity index (χ2v) is 4.95. The van der Waals surface area contributed by atoms with Gasteiger partial charge in [0, 0.05) is 12.1 Å². The molecule has 3 nitrogen and oxygen atoms in total. The first kappa shape index (κ1) is 15.3. The highest BCUT2D eigenvalue weighted by Crippen LogP contribution is 2.26. The summed E-state index contributed by atoms with van der Waals surface area (Å²) in [7, 11) is 0. The second-order valence-electron chi connectivity index (χ2n) is 3.13. The number of carbonyl (C=O) groups is 2. The van der Waals surface area contributed by atoms with Gasteiger partial charge in [0.05, 0.1) is 10.0 Å². The van der Waals surface area contributed by atoms with Crippen molar-refractivity contribution in [1.82, 2.24) is 0 Å². The predicted molar refractivity (Wildman–Crippen MR) is 71.5 cm³/mol. The highest BCUT2D eigenvalue weighted by atomic mass is 35.5. The lowest BCUT2D eigenvalue weighted by molar-refractivity contribution is -0.136. The lowest BCUT2D eigenvalue weighted by Gasteiger charge is -2.04. The largest absolute Gasteiger partial charge is 0.426 e. The number of ketones is 1. The number of halogens is 4. The Kier molecular flexibility index (Phi) is 5.96. The number of allylic oxidation sites excluding steroid dienone is 1. The summed E-state index contributed by atoms with van der Waals surface area (Å²) in [5, 5.41) is 0.585. The van der Waals surface area contributed by atoms with Crippen LogP contribution in [-0.4, -0.2) is 11.8 Å². The molecular weight excluding hydrogens is 322 g/mol. The molecule has 7 heteroatoms. The highest BCUT2D eigenvalue weighted by Gasteiger charge is 2.11. The molecule has 1 aromatic rings. The van der Waals surface area contributed by atoms with E-state index in [-0.39, 0.29) is 15.3 Å². The zero-order valence-electron chi connectivity index (χ0n) is 8.75. The number of rotatable bonds is 4. The van der Waals surface area contributed by atoms with Gasteiger partial charge in [0.15, 0.2) is 5.78 Å².